The molecule has 0 aliphatic rings. The van der Waals surface area contributed by atoms with Gasteiger partial charge < -0.3 is 10.6 Å². The third kappa shape index (κ3) is 4.83. The minimum atomic E-state index is -0.359. The van der Waals surface area contributed by atoms with Crippen LogP contribution in [0.15, 0.2) is 66.7 Å². The summed E-state index contributed by atoms with van der Waals surface area (Å²) in [5, 5.41) is 7.57. The predicted molar refractivity (Wildman–Crippen MR) is 105 cm³/mol. The highest BCUT2D eigenvalue weighted by atomic mass is 32.2. The number of carbonyl (C=O) groups excluding carboxylic acids is 2. The maximum absolute atomic E-state index is 12.8. The average molecular weight is 368 g/mol. The van der Waals surface area contributed by atoms with Gasteiger partial charge in [-0.3, -0.25) is 9.59 Å². The Balaban J connectivity index is 1.48. The number of hydrogen-bond acceptors (Lipinski definition) is 3. The number of rotatable bonds is 6. The topological polar surface area (TPSA) is 58.2 Å². The Morgan fingerprint density at radius 1 is 0.808 bits per heavy atom. The van der Waals surface area contributed by atoms with Crippen LogP contribution in [0.5, 0.6) is 0 Å². The Kier molecular flexibility index (Phi) is 5.86. The maximum Gasteiger partial charge on any atom is 0.234 e. The summed E-state index contributed by atoms with van der Waals surface area (Å²) in [7, 11) is 0. The van der Waals surface area contributed by atoms with Gasteiger partial charge in [-0.1, -0.05) is 36.4 Å². The average Bonchev–Trinajstić information content (AvgIpc) is 2.64. The molecule has 0 aliphatic carbocycles. The van der Waals surface area contributed by atoms with Crippen molar-refractivity contribution in [1.29, 1.82) is 0 Å². The van der Waals surface area contributed by atoms with Crippen molar-refractivity contribution in [3.05, 3.63) is 72.5 Å². The van der Waals surface area contributed by atoms with Crippen LogP contribution in [0.3, 0.4) is 0 Å². The van der Waals surface area contributed by atoms with Gasteiger partial charge in [0.2, 0.25) is 11.8 Å². The summed E-state index contributed by atoms with van der Waals surface area (Å²) in [6.07, 6.45) is 0. The number of hydrogen-bond donors (Lipinski definition) is 2. The standard InChI is InChI=1S/C20H17FN2O2S/c21-15-8-10-16(11-9-15)22-19(24)12-26-13-20(25)23-18-7-3-5-14-4-1-2-6-17(14)18/h1-11H,12-13H2,(H,22,24)(H,23,25). The lowest BCUT2D eigenvalue weighted by molar-refractivity contribution is -0.114. The molecule has 132 valence electrons. The first-order valence-corrected chi connectivity index (χ1v) is 9.18. The van der Waals surface area contributed by atoms with E-state index in [0.717, 1.165) is 16.5 Å². The van der Waals surface area contributed by atoms with Crippen molar-refractivity contribution in [2.75, 3.05) is 22.1 Å². The zero-order valence-corrected chi connectivity index (χ0v) is 14.7. The van der Waals surface area contributed by atoms with Crippen molar-refractivity contribution < 1.29 is 14.0 Å². The highest BCUT2D eigenvalue weighted by Gasteiger charge is 2.08. The number of carbonyl (C=O) groups is 2. The Hall–Kier alpha value is -2.86. The minimum Gasteiger partial charge on any atom is -0.325 e. The van der Waals surface area contributed by atoms with Gasteiger partial charge in [-0.05, 0) is 35.7 Å². The Morgan fingerprint density at radius 3 is 2.23 bits per heavy atom. The molecule has 0 aromatic heterocycles. The smallest absolute Gasteiger partial charge is 0.234 e. The molecule has 2 amide bonds. The number of amides is 2. The lowest BCUT2D eigenvalue weighted by Crippen LogP contribution is -2.18. The van der Waals surface area contributed by atoms with Gasteiger partial charge in [-0.15, -0.1) is 11.8 Å². The molecule has 0 saturated carbocycles. The number of benzene rings is 3. The van der Waals surface area contributed by atoms with Crippen LogP contribution in [0.4, 0.5) is 15.8 Å². The van der Waals surface area contributed by atoms with Gasteiger partial charge in [0.25, 0.3) is 0 Å². The van der Waals surface area contributed by atoms with Crippen LogP contribution >= 0.6 is 11.8 Å². The van der Waals surface area contributed by atoms with Gasteiger partial charge in [0.15, 0.2) is 0 Å². The second kappa shape index (κ2) is 8.49. The summed E-state index contributed by atoms with van der Waals surface area (Å²) in [5.41, 5.74) is 1.28. The summed E-state index contributed by atoms with van der Waals surface area (Å²) < 4.78 is 12.8. The summed E-state index contributed by atoms with van der Waals surface area (Å²) in [4.78, 5) is 24.0. The van der Waals surface area contributed by atoms with Crippen molar-refractivity contribution in [3.63, 3.8) is 0 Å². The fourth-order valence-corrected chi connectivity index (χ4v) is 3.10. The monoisotopic (exact) mass is 368 g/mol. The van der Waals surface area contributed by atoms with Crippen LogP contribution in [-0.2, 0) is 9.59 Å². The van der Waals surface area contributed by atoms with Gasteiger partial charge in [-0.2, -0.15) is 0 Å². The second-order valence-corrected chi connectivity index (χ2v) is 6.61. The van der Waals surface area contributed by atoms with E-state index >= 15 is 0 Å². The maximum atomic E-state index is 12.8. The number of anilines is 2. The Morgan fingerprint density at radius 2 is 1.46 bits per heavy atom. The molecular weight excluding hydrogens is 351 g/mol. The third-order valence-corrected chi connectivity index (χ3v) is 4.59. The van der Waals surface area contributed by atoms with Crippen LogP contribution in [0, 0.1) is 5.82 Å². The molecule has 3 aromatic carbocycles. The molecule has 0 heterocycles. The van der Waals surface area contributed by atoms with Gasteiger partial charge in [0.05, 0.1) is 11.5 Å². The molecular formula is C20H17FN2O2S. The van der Waals surface area contributed by atoms with Crippen LogP contribution < -0.4 is 10.6 Å². The predicted octanol–water partition coefficient (Wildman–Crippen LogP) is 4.29. The fraction of sp³-hybridized carbons (Fsp3) is 0.100. The quantitative estimate of drug-likeness (QED) is 0.682. The van der Waals surface area contributed by atoms with Gasteiger partial charge in [0, 0.05) is 16.8 Å². The van der Waals surface area contributed by atoms with E-state index in [1.807, 2.05) is 42.5 Å². The molecule has 0 atom stereocenters. The number of nitrogens with one attached hydrogen (secondary N) is 2. The van der Waals surface area contributed by atoms with Crippen molar-refractivity contribution in [1.82, 2.24) is 0 Å². The lowest BCUT2D eigenvalue weighted by atomic mass is 10.1. The van der Waals surface area contributed by atoms with Crippen molar-refractivity contribution >= 4 is 45.7 Å². The first-order valence-electron chi connectivity index (χ1n) is 8.02. The van der Waals surface area contributed by atoms with Crippen LogP contribution in [0.2, 0.25) is 0 Å². The van der Waals surface area contributed by atoms with E-state index in [9.17, 15) is 14.0 Å². The Bertz CT molecular complexity index is 923. The van der Waals surface area contributed by atoms with E-state index in [-0.39, 0.29) is 29.1 Å². The number of fused-ring (bicyclic) bond motifs is 1. The van der Waals surface area contributed by atoms with Gasteiger partial charge in [0.1, 0.15) is 5.82 Å². The molecule has 2 N–H and O–H groups in total. The molecule has 0 unspecified atom stereocenters. The highest BCUT2D eigenvalue weighted by molar-refractivity contribution is 8.00. The van der Waals surface area contributed by atoms with Crippen molar-refractivity contribution in [2.24, 2.45) is 0 Å². The molecule has 0 radical (unpaired) electrons. The molecule has 0 aliphatic heterocycles. The SMILES string of the molecule is O=C(CSCC(=O)Nc1cccc2ccccc12)Nc1ccc(F)cc1. The van der Waals surface area contributed by atoms with E-state index < -0.39 is 0 Å². The molecule has 4 nitrogen and oxygen atoms in total. The summed E-state index contributed by atoms with van der Waals surface area (Å²) in [6.45, 7) is 0. The number of thioether (sulfide) groups is 1. The zero-order chi connectivity index (χ0) is 18.4. The zero-order valence-electron chi connectivity index (χ0n) is 13.9. The second-order valence-electron chi connectivity index (χ2n) is 5.62. The first kappa shape index (κ1) is 17.9. The van der Waals surface area contributed by atoms with Gasteiger partial charge in [-0.25, -0.2) is 4.39 Å². The van der Waals surface area contributed by atoms with Crippen molar-refractivity contribution in [3.8, 4) is 0 Å². The molecule has 6 heteroatoms. The molecule has 26 heavy (non-hydrogen) atoms. The minimum absolute atomic E-state index is 0.139. The molecule has 0 bridgehead atoms. The fourth-order valence-electron chi connectivity index (χ4n) is 2.49. The normalized spacial score (nSPS) is 10.5. The van der Waals surface area contributed by atoms with E-state index in [4.69, 9.17) is 0 Å². The van der Waals surface area contributed by atoms with Crippen LogP contribution in [0.1, 0.15) is 0 Å². The molecule has 0 fully saturated rings. The molecule has 0 saturated heterocycles. The molecule has 3 rings (SSSR count). The highest BCUT2D eigenvalue weighted by Crippen LogP contribution is 2.23. The molecule has 3 aromatic rings. The molecule has 0 spiro atoms. The third-order valence-electron chi connectivity index (χ3n) is 3.66. The van der Waals surface area contributed by atoms with Crippen LogP contribution in [-0.4, -0.2) is 23.3 Å². The number of halogens is 1. The largest absolute Gasteiger partial charge is 0.325 e. The first-order chi connectivity index (χ1) is 12.6. The van der Waals surface area contributed by atoms with Gasteiger partial charge >= 0.3 is 0 Å². The summed E-state index contributed by atoms with van der Waals surface area (Å²) in [6, 6.07) is 19.1. The van der Waals surface area contributed by atoms with E-state index in [2.05, 4.69) is 10.6 Å². The van der Waals surface area contributed by atoms with Crippen molar-refractivity contribution in [2.45, 2.75) is 0 Å². The van der Waals surface area contributed by atoms with E-state index in [1.54, 1.807) is 0 Å². The summed E-state index contributed by atoms with van der Waals surface area (Å²) in [5.74, 6) is -0.455. The van der Waals surface area contributed by atoms with E-state index in [1.165, 1.54) is 36.0 Å². The lowest BCUT2D eigenvalue weighted by Gasteiger charge is -2.09. The van der Waals surface area contributed by atoms with Crippen LogP contribution in [0.25, 0.3) is 10.8 Å². The summed E-state index contributed by atoms with van der Waals surface area (Å²) >= 11 is 1.22. The van der Waals surface area contributed by atoms with E-state index in [0.29, 0.717) is 5.69 Å². The Labute approximate surface area is 154 Å².